The molecule has 5 N–H and O–H groups in total. The fourth-order valence-electron chi connectivity index (χ4n) is 4.06. The number of thioether (sulfide) groups is 1. The van der Waals surface area contributed by atoms with Gasteiger partial charge in [0.05, 0.1) is 18.8 Å². The van der Waals surface area contributed by atoms with Crippen LogP contribution in [0, 0.1) is 5.92 Å². The van der Waals surface area contributed by atoms with Gasteiger partial charge in [0.25, 0.3) is 0 Å². The molecule has 7 nitrogen and oxygen atoms in total. The van der Waals surface area contributed by atoms with E-state index in [1.54, 1.807) is 6.26 Å². The molecule has 2 aliphatic heterocycles. The van der Waals surface area contributed by atoms with Gasteiger partial charge < -0.3 is 30.7 Å². The second kappa shape index (κ2) is 10.7. The van der Waals surface area contributed by atoms with Crippen molar-refractivity contribution in [2.24, 2.45) is 5.92 Å². The van der Waals surface area contributed by atoms with Crippen molar-refractivity contribution in [1.82, 2.24) is 10.6 Å². The summed E-state index contributed by atoms with van der Waals surface area (Å²) in [4.78, 5) is 12.9. The van der Waals surface area contributed by atoms with Gasteiger partial charge in [-0.3, -0.25) is 9.18 Å². The number of aliphatic hydroxyl groups is 3. The predicted octanol–water partition coefficient (Wildman–Crippen LogP) is 0.508. The first-order valence-electron chi connectivity index (χ1n) is 10.1. The number of alkyl halides is 2. The first-order valence-corrected chi connectivity index (χ1v) is 11.4. The minimum atomic E-state index is -1.59. The van der Waals surface area contributed by atoms with E-state index in [9.17, 15) is 28.9 Å². The van der Waals surface area contributed by atoms with Crippen LogP contribution in [0.2, 0.25) is 0 Å². The number of halogens is 2. The van der Waals surface area contributed by atoms with E-state index in [0.29, 0.717) is 6.54 Å². The maximum atomic E-state index is 15.0. The van der Waals surface area contributed by atoms with Gasteiger partial charge in [-0.1, -0.05) is 13.8 Å². The standard InChI is InChI=1S/C19H34F2N2O5S/c1-10(2)12(16-14(25)13(24)15(26)18(28-16)29-3)23-17(27)11-9-19(21,5-4-7-20)6-8-22-11/h10-16,18,22,24-26H,4-9H2,1-3H3,(H,23,27). The van der Waals surface area contributed by atoms with Crippen LogP contribution in [-0.4, -0.2) is 88.3 Å². The Bertz CT molecular complexity index is 545. The van der Waals surface area contributed by atoms with E-state index in [4.69, 9.17) is 4.74 Å². The number of hydrogen-bond donors (Lipinski definition) is 5. The third-order valence-corrected chi connectivity index (χ3v) is 6.68. The zero-order chi connectivity index (χ0) is 21.8. The summed E-state index contributed by atoms with van der Waals surface area (Å²) >= 11 is 1.20. The quantitative estimate of drug-likeness (QED) is 0.374. The van der Waals surface area contributed by atoms with Gasteiger partial charge in [0, 0.05) is 6.42 Å². The second-order valence-electron chi connectivity index (χ2n) is 8.36. The number of ether oxygens (including phenoxy) is 1. The number of carbonyl (C=O) groups is 1. The lowest BCUT2D eigenvalue weighted by Crippen LogP contribution is -2.65. The van der Waals surface area contributed by atoms with Crippen LogP contribution in [0.25, 0.3) is 0 Å². The molecule has 29 heavy (non-hydrogen) atoms. The van der Waals surface area contributed by atoms with Crippen molar-refractivity contribution in [1.29, 1.82) is 0 Å². The normalized spacial score (nSPS) is 39.3. The number of aliphatic hydroxyl groups excluding tert-OH is 3. The summed E-state index contributed by atoms with van der Waals surface area (Å²) in [6.07, 6.45) is -2.88. The molecule has 2 saturated heterocycles. The van der Waals surface area contributed by atoms with E-state index in [1.165, 1.54) is 11.8 Å². The summed E-state index contributed by atoms with van der Waals surface area (Å²) in [6, 6.07) is -1.43. The molecule has 0 saturated carbocycles. The molecule has 0 aromatic heterocycles. The first-order chi connectivity index (χ1) is 13.6. The Hall–Kier alpha value is -0.520. The fraction of sp³-hybridized carbons (Fsp3) is 0.947. The van der Waals surface area contributed by atoms with E-state index < -0.39 is 60.2 Å². The molecule has 2 heterocycles. The van der Waals surface area contributed by atoms with Crippen LogP contribution >= 0.6 is 11.8 Å². The zero-order valence-electron chi connectivity index (χ0n) is 17.2. The maximum absolute atomic E-state index is 15.0. The highest BCUT2D eigenvalue weighted by Gasteiger charge is 2.48. The summed E-state index contributed by atoms with van der Waals surface area (Å²) in [7, 11) is 0. The third-order valence-electron chi connectivity index (χ3n) is 5.83. The van der Waals surface area contributed by atoms with Gasteiger partial charge in [0.1, 0.15) is 35.5 Å². The monoisotopic (exact) mass is 440 g/mol. The van der Waals surface area contributed by atoms with Crippen molar-refractivity contribution >= 4 is 17.7 Å². The number of rotatable bonds is 8. The Balaban J connectivity index is 2.08. The van der Waals surface area contributed by atoms with Crippen LogP contribution in [0.1, 0.15) is 39.5 Å². The molecule has 0 aliphatic carbocycles. The van der Waals surface area contributed by atoms with Crippen LogP contribution < -0.4 is 10.6 Å². The van der Waals surface area contributed by atoms with Crippen molar-refractivity contribution < 1.29 is 33.6 Å². The molecule has 10 heteroatoms. The average Bonchev–Trinajstić information content (AvgIpc) is 2.69. The van der Waals surface area contributed by atoms with Gasteiger partial charge in [0.2, 0.25) is 5.91 Å². The summed E-state index contributed by atoms with van der Waals surface area (Å²) in [5.41, 5.74) is -2.33. The molecule has 2 aliphatic rings. The third kappa shape index (κ3) is 6.01. The number of nitrogens with one attached hydrogen (secondary N) is 2. The molecule has 0 aromatic rings. The molecule has 0 spiro atoms. The van der Waals surface area contributed by atoms with Crippen molar-refractivity contribution in [3.05, 3.63) is 0 Å². The van der Waals surface area contributed by atoms with Gasteiger partial charge in [-0.05, 0) is 38.0 Å². The van der Waals surface area contributed by atoms with E-state index in [2.05, 4.69) is 10.6 Å². The first kappa shape index (κ1) is 24.7. The molecule has 0 radical (unpaired) electrons. The summed E-state index contributed by atoms with van der Waals surface area (Å²) in [5.74, 6) is -0.586. The van der Waals surface area contributed by atoms with Crippen molar-refractivity contribution in [3.8, 4) is 0 Å². The molecule has 8 atom stereocenters. The molecule has 2 rings (SSSR count). The molecule has 170 valence electrons. The largest absolute Gasteiger partial charge is 0.388 e. The molecular weight excluding hydrogens is 406 g/mol. The van der Waals surface area contributed by atoms with Gasteiger partial charge >= 0.3 is 0 Å². The number of hydrogen-bond acceptors (Lipinski definition) is 7. The van der Waals surface area contributed by atoms with Gasteiger partial charge in [-0.2, -0.15) is 0 Å². The van der Waals surface area contributed by atoms with Gasteiger partial charge in [-0.15, -0.1) is 11.8 Å². The fourth-order valence-corrected chi connectivity index (χ4v) is 4.74. The van der Waals surface area contributed by atoms with Crippen LogP contribution in [0.3, 0.4) is 0 Å². The highest BCUT2D eigenvalue weighted by Crippen LogP contribution is 2.33. The lowest BCUT2D eigenvalue weighted by molar-refractivity contribution is -0.208. The SMILES string of the molecule is CSC1OC(C(NC(=O)C2CC(F)(CCCF)CCN2)C(C)C)C(O)C(O)C1O. The Morgan fingerprint density at radius 2 is 2.00 bits per heavy atom. The number of piperidine rings is 1. The Morgan fingerprint density at radius 3 is 2.59 bits per heavy atom. The smallest absolute Gasteiger partial charge is 0.237 e. The Kier molecular flexibility index (Phi) is 9.11. The van der Waals surface area contributed by atoms with E-state index in [-0.39, 0.29) is 31.6 Å². The molecule has 1 amide bonds. The lowest BCUT2D eigenvalue weighted by atomic mass is 9.84. The van der Waals surface area contributed by atoms with E-state index >= 15 is 0 Å². The minimum Gasteiger partial charge on any atom is -0.388 e. The Morgan fingerprint density at radius 1 is 1.31 bits per heavy atom. The van der Waals surface area contributed by atoms with Gasteiger partial charge in [-0.25, -0.2) is 4.39 Å². The maximum Gasteiger partial charge on any atom is 0.237 e. The van der Waals surface area contributed by atoms with Gasteiger partial charge in [0.15, 0.2) is 0 Å². The average molecular weight is 441 g/mol. The Labute approximate surface area is 175 Å². The summed E-state index contributed by atoms with van der Waals surface area (Å²) in [5, 5.41) is 36.5. The van der Waals surface area contributed by atoms with Crippen LogP contribution in [0.5, 0.6) is 0 Å². The molecule has 0 bridgehead atoms. The highest BCUT2D eigenvalue weighted by atomic mass is 32.2. The van der Waals surface area contributed by atoms with Crippen LogP contribution in [0.15, 0.2) is 0 Å². The second-order valence-corrected chi connectivity index (χ2v) is 9.30. The lowest BCUT2D eigenvalue weighted by Gasteiger charge is -2.44. The summed E-state index contributed by atoms with van der Waals surface area (Å²) < 4.78 is 33.2. The van der Waals surface area contributed by atoms with E-state index in [1.807, 2.05) is 13.8 Å². The van der Waals surface area contributed by atoms with Crippen LogP contribution in [-0.2, 0) is 9.53 Å². The number of carbonyl (C=O) groups excluding carboxylic acids is 1. The predicted molar refractivity (Wildman–Crippen MR) is 107 cm³/mol. The van der Waals surface area contributed by atoms with Crippen molar-refractivity contribution in [3.63, 3.8) is 0 Å². The highest BCUT2D eigenvalue weighted by molar-refractivity contribution is 7.99. The topological polar surface area (TPSA) is 111 Å². The number of amides is 1. The van der Waals surface area contributed by atoms with E-state index in [0.717, 1.165) is 0 Å². The van der Waals surface area contributed by atoms with Crippen molar-refractivity contribution in [2.45, 2.75) is 87.1 Å². The zero-order valence-corrected chi connectivity index (χ0v) is 18.0. The van der Waals surface area contributed by atoms with Crippen LogP contribution in [0.4, 0.5) is 8.78 Å². The summed E-state index contributed by atoms with van der Waals surface area (Å²) in [6.45, 7) is 3.39. The molecule has 0 aromatic carbocycles. The molecular formula is C19H34F2N2O5S. The molecule has 8 unspecified atom stereocenters. The van der Waals surface area contributed by atoms with Crippen molar-refractivity contribution in [2.75, 3.05) is 19.5 Å². The minimum absolute atomic E-state index is 0.0491. The molecule has 2 fully saturated rings.